The van der Waals surface area contributed by atoms with E-state index in [0.29, 0.717) is 12.0 Å². The van der Waals surface area contributed by atoms with Crippen molar-refractivity contribution in [1.29, 1.82) is 5.26 Å². The van der Waals surface area contributed by atoms with Crippen LogP contribution in [-0.2, 0) is 37.1 Å². The van der Waals surface area contributed by atoms with Gasteiger partial charge in [0.15, 0.2) is 5.13 Å². The molecular formula is C21H19N10O6S3+. The van der Waals surface area contributed by atoms with Gasteiger partial charge in [0.2, 0.25) is 29.4 Å². The largest absolute Gasteiger partial charge is 0.477 e. The van der Waals surface area contributed by atoms with Crippen molar-refractivity contribution in [2.45, 2.75) is 24.5 Å². The number of nitrogens with one attached hydrogen (secondary N) is 2. The lowest BCUT2D eigenvalue weighted by Crippen LogP contribution is -2.71. The van der Waals surface area contributed by atoms with Gasteiger partial charge in [-0.2, -0.15) is 19.0 Å². The number of oxime groups is 1. The highest BCUT2D eigenvalue weighted by Gasteiger charge is 2.54. The van der Waals surface area contributed by atoms with Gasteiger partial charge in [0.1, 0.15) is 48.7 Å². The SMILES string of the molecule is N#CCO/N=C(\C(=O)N[C@@H]1C(=O)N2C(C(=O)O)=C(C[n+]3cc4sccn4c3CNC=O)CS[C@H]12)c1nsc(N)n1. The van der Waals surface area contributed by atoms with Crippen LogP contribution in [0.4, 0.5) is 5.13 Å². The predicted octanol–water partition coefficient (Wildman–Crippen LogP) is -1.35. The Morgan fingerprint density at radius 1 is 1.45 bits per heavy atom. The molecule has 2 aliphatic heterocycles. The van der Waals surface area contributed by atoms with Crippen LogP contribution in [0.25, 0.3) is 4.83 Å². The van der Waals surface area contributed by atoms with Gasteiger partial charge in [0.25, 0.3) is 17.6 Å². The zero-order valence-corrected chi connectivity index (χ0v) is 22.7. The number of nitriles is 1. The first-order chi connectivity index (χ1) is 19.3. The first-order valence-electron chi connectivity index (χ1n) is 11.3. The van der Waals surface area contributed by atoms with E-state index in [9.17, 15) is 24.3 Å². The highest BCUT2D eigenvalue weighted by atomic mass is 32.2. The molecular weight excluding hydrogens is 584 g/mol. The van der Waals surface area contributed by atoms with Crippen molar-refractivity contribution in [3.63, 3.8) is 0 Å². The molecule has 1 fully saturated rings. The number of carboxylic acid groups (broad SMARTS) is 1. The minimum atomic E-state index is -1.28. The fourth-order valence-electron chi connectivity index (χ4n) is 4.26. The number of thiazole rings is 1. The number of hydrogen-bond donors (Lipinski definition) is 4. The summed E-state index contributed by atoms with van der Waals surface area (Å²) in [7, 11) is 0. The number of hydrogen-bond acceptors (Lipinski definition) is 13. The average molecular weight is 604 g/mol. The normalized spacial score (nSPS) is 18.6. The van der Waals surface area contributed by atoms with Gasteiger partial charge in [0, 0.05) is 28.2 Å². The maximum Gasteiger partial charge on any atom is 0.352 e. The number of nitrogens with zero attached hydrogens (tertiary/aromatic N) is 7. The molecule has 0 radical (unpaired) electrons. The number of imidazole rings is 1. The lowest BCUT2D eigenvalue weighted by Gasteiger charge is -2.49. The van der Waals surface area contributed by atoms with E-state index < -0.39 is 35.8 Å². The summed E-state index contributed by atoms with van der Waals surface area (Å²) in [4.78, 5) is 60.2. The van der Waals surface area contributed by atoms with E-state index in [4.69, 9.17) is 15.8 Å². The monoisotopic (exact) mass is 603 g/mol. The van der Waals surface area contributed by atoms with Gasteiger partial charge in [-0.25, -0.2) is 9.36 Å². The minimum absolute atomic E-state index is 0.0688. The maximum absolute atomic E-state index is 13.2. The Kier molecular flexibility index (Phi) is 7.63. The van der Waals surface area contributed by atoms with Gasteiger partial charge in [-0.1, -0.05) is 16.5 Å². The fourth-order valence-corrected chi connectivity index (χ4v) is 6.82. The van der Waals surface area contributed by atoms with Gasteiger partial charge >= 0.3 is 5.97 Å². The molecule has 0 aromatic carbocycles. The molecule has 5 N–H and O–H groups in total. The third-order valence-corrected chi connectivity index (χ3v) is 8.59. The molecule has 5 heterocycles. The zero-order chi connectivity index (χ0) is 28.4. The third kappa shape index (κ3) is 4.94. The van der Waals surface area contributed by atoms with E-state index in [-0.39, 0.29) is 41.2 Å². The number of fused-ring (bicyclic) bond motifs is 2. The number of rotatable bonds is 11. The smallest absolute Gasteiger partial charge is 0.352 e. The Hall–Kier alpha value is -4.54. The maximum atomic E-state index is 13.2. The second kappa shape index (κ2) is 11.3. The minimum Gasteiger partial charge on any atom is -0.477 e. The van der Waals surface area contributed by atoms with Crippen LogP contribution in [0.1, 0.15) is 11.6 Å². The van der Waals surface area contributed by atoms with Gasteiger partial charge in [-0.15, -0.1) is 11.8 Å². The van der Waals surface area contributed by atoms with Crippen LogP contribution in [0.3, 0.4) is 0 Å². The zero-order valence-electron chi connectivity index (χ0n) is 20.2. The molecule has 5 rings (SSSR count). The van der Waals surface area contributed by atoms with E-state index in [0.717, 1.165) is 27.1 Å². The van der Waals surface area contributed by atoms with Crippen LogP contribution in [0.2, 0.25) is 0 Å². The van der Waals surface area contributed by atoms with Gasteiger partial charge in [0.05, 0.1) is 0 Å². The van der Waals surface area contributed by atoms with Crippen molar-refractivity contribution in [1.82, 2.24) is 29.3 Å². The summed E-state index contributed by atoms with van der Waals surface area (Å²) in [6.45, 7) is -0.0419. The molecule has 3 aromatic heterocycles. The quantitative estimate of drug-likeness (QED) is 0.0501. The molecule has 40 heavy (non-hydrogen) atoms. The molecule has 19 heteroatoms. The summed E-state index contributed by atoms with van der Waals surface area (Å²) in [5, 5.41) is 28.8. The number of nitrogens with two attached hydrogens (primary N) is 1. The van der Waals surface area contributed by atoms with E-state index in [2.05, 4.69) is 25.1 Å². The van der Waals surface area contributed by atoms with E-state index >= 15 is 0 Å². The van der Waals surface area contributed by atoms with E-state index in [1.807, 2.05) is 26.7 Å². The van der Waals surface area contributed by atoms with Gasteiger partial charge in [-0.3, -0.25) is 19.3 Å². The van der Waals surface area contributed by atoms with Crippen LogP contribution in [0.5, 0.6) is 0 Å². The molecule has 16 nitrogen and oxygen atoms in total. The number of thioether (sulfide) groups is 1. The number of β-lactam (4-membered cyclic amide) rings is 1. The Morgan fingerprint density at radius 2 is 2.27 bits per heavy atom. The lowest BCUT2D eigenvalue weighted by molar-refractivity contribution is -0.695. The molecule has 3 aromatic rings. The molecule has 0 unspecified atom stereocenters. The molecule has 0 aliphatic carbocycles. The number of aromatic nitrogens is 4. The number of carbonyl (C=O) groups excluding carboxylic acids is 3. The van der Waals surface area contributed by atoms with Crippen LogP contribution in [0.15, 0.2) is 34.2 Å². The first-order valence-corrected chi connectivity index (χ1v) is 14.1. The Balaban J connectivity index is 1.37. The number of anilines is 1. The summed E-state index contributed by atoms with van der Waals surface area (Å²) in [5.74, 6) is -1.88. The Labute approximate surface area is 236 Å². The molecule has 0 bridgehead atoms. The molecule has 0 saturated carbocycles. The number of carboxylic acids is 1. The van der Waals surface area contributed by atoms with Crippen molar-refractivity contribution in [2.75, 3.05) is 18.1 Å². The second-order valence-corrected chi connectivity index (χ2v) is 11.0. The summed E-state index contributed by atoms with van der Waals surface area (Å²) >= 11 is 3.60. The highest BCUT2D eigenvalue weighted by Crippen LogP contribution is 2.40. The molecule has 3 amide bonds. The third-order valence-electron chi connectivity index (χ3n) is 5.91. The number of carbonyl (C=O) groups is 4. The standard InChI is InChI=1S/C21H18N10O6S3/c22-1-3-37-27-13(16-26-21(23)40-28-16)17(33)25-14-18(34)31-15(20(35)36)10(8-39-19(14)31)6-29-7-12-30(2-4-38-12)11(29)5-24-9-32/h2,4,7,9,14,19H,3,5-6,8H2,(H4-,23,24,25,26,28,32,33,35,36)/p+1/b27-13-/t14-,19-/m1/s1. The van der Waals surface area contributed by atoms with Gasteiger partial charge in [-0.05, 0) is 0 Å². The highest BCUT2D eigenvalue weighted by molar-refractivity contribution is 8.00. The van der Waals surface area contributed by atoms with Crippen LogP contribution >= 0.6 is 34.6 Å². The van der Waals surface area contributed by atoms with Crippen molar-refractivity contribution >= 4 is 74.5 Å². The van der Waals surface area contributed by atoms with E-state index in [1.165, 1.54) is 23.1 Å². The fraction of sp³-hybridized carbons (Fsp3) is 0.286. The average Bonchev–Trinajstić information content (AvgIpc) is 3.65. The van der Waals surface area contributed by atoms with E-state index in [1.54, 1.807) is 6.07 Å². The summed E-state index contributed by atoms with van der Waals surface area (Å²) in [6.07, 6.45) is 4.28. The predicted molar refractivity (Wildman–Crippen MR) is 140 cm³/mol. The summed E-state index contributed by atoms with van der Waals surface area (Å²) < 4.78 is 7.66. The van der Waals surface area contributed by atoms with Gasteiger partial charge < -0.3 is 26.3 Å². The van der Waals surface area contributed by atoms with Crippen LogP contribution < -0.4 is 20.9 Å². The van der Waals surface area contributed by atoms with Crippen LogP contribution in [0, 0.1) is 11.3 Å². The molecule has 206 valence electrons. The number of aliphatic carboxylic acids is 1. The second-order valence-electron chi connectivity index (χ2n) is 8.23. The number of amides is 3. The molecule has 1 saturated heterocycles. The summed E-state index contributed by atoms with van der Waals surface area (Å²) in [6, 6.07) is 0.662. The lowest BCUT2D eigenvalue weighted by atomic mass is 10.0. The number of nitrogen functional groups attached to an aromatic ring is 1. The van der Waals surface area contributed by atoms with Crippen molar-refractivity contribution in [3.05, 3.63) is 40.7 Å². The van der Waals surface area contributed by atoms with Crippen molar-refractivity contribution in [3.8, 4) is 6.07 Å². The Bertz CT molecular complexity index is 1620. The summed E-state index contributed by atoms with van der Waals surface area (Å²) in [5.41, 5.74) is 5.56. The molecule has 2 aliphatic rings. The van der Waals surface area contributed by atoms with Crippen LogP contribution in [-0.4, -0.2) is 77.4 Å². The Morgan fingerprint density at radius 3 is 2.98 bits per heavy atom. The topological polar surface area (TPSA) is 221 Å². The molecule has 0 spiro atoms. The first kappa shape index (κ1) is 27.0. The molecule has 2 atom stereocenters. The van der Waals surface area contributed by atoms with Crippen molar-refractivity contribution in [2.24, 2.45) is 5.16 Å². The van der Waals surface area contributed by atoms with Crippen molar-refractivity contribution < 1.29 is 33.7 Å².